The Balaban J connectivity index is 2.12. The summed E-state index contributed by atoms with van der Waals surface area (Å²) >= 11 is 0. The molecule has 3 aromatic rings. The molecule has 0 fully saturated rings. The molecule has 0 saturated heterocycles. The van der Waals surface area contributed by atoms with Gasteiger partial charge in [0, 0.05) is 11.8 Å². The van der Waals surface area contributed by atoms with Crippen molar-refractivity contribution in [1.29, 1.82) is 0 Å². The topological polar surface area (TPSA) is 12.9 Å². The van der Waals surface area contributed by atoms with E-state index in [2.05, 4.69) is 55.3 Å². The summed E-state index contributed by atoms with van der Waals surface area (Å²) in [5, 5.41) is 0. The number of benzene rings is 2. The molecule has 0 aliphatic heterocycles. The molecule has 0 spiro atoms. The first-order valence-electron chi connectivity index (χ1n) is 6.41. The van der Waals surface area contributed by atoms with Crippen molar-refractivity contribution in [3.8, 4) is 22.4 Å². The van der Waals surface area contributed by atoms with Crippen LogP contribution in [0.5, 0.6) is 0 Å². The van der Waals surface area contributed by atoms with Crippen LogP contribution in [0.4, 0.5) is 0 Å². The molecule has 1 aromatic heterocycles. The van der Waals surface area contributed by atoms with E-state index in [1.165, 1.54) is 22.2 Å². The van der Waals surface area contributed by atoms with Crippen LogP contribution in [0.3, 0.4) is 0 Å². The summed E-state index contributed by atoms with van der Waals surface area (Å²) in [5.74, 6) is 0. The number of pyridine rings is 1. The molecule has 0 aliphatic carbocycles. The predicted molar refractivity (Wildman–Crippen MR) is 83.3 cm³/mol. The molecule has 0 radical (unpaired) electrons. The molecule has 2 aromatic carbocycles. The van der Waals surface area contributed by atoms with Crippen molar-refractivity contribution in [3.05, 3.63) is 72.9 Å². The SMILES string of the molecule is Bc1cc(-c2ccccc2)cc(-c2ccccn2)c1. The standard InChI is InChI=1S/C17H14BN/c18-16-11-14(13-6-2-1-3-7-13)10-15(12-16)17-8-4-5-9-19-17/h1-12H,18H2. The summed E-state index contributed by atoms with van der Waals surface area (Å²) in [6, 6.07) is 23.0. The highest BCUT2D eigenvalue weighted by Crippen LogP contribution is 2.23. The Kier molecular flexibility index (Phi) is 3.15. The Morgan fingerprint density at radius 3 is 2.16 bits per heavy atom. The fourth-order valence-electron chi connectivity index (χ4n) is 2.26. The largest absolute Gasteiger partial charge is 0.256 e. The highest BCUT2D eigenvalue weighted by molar-refractivity contribution is 6.33. The van der Waals surface area contributed by atoms with E-state index in [0.29, 0.717) is 0 Å². The average molecular weight is 243 g/mol. The summed E-state index contributed by atoms with van der Waals surface area (Å²) in [4.78, 5) is 4.42. The van der Waals surface area contributed by atoms with E-state index in [0.717, 1.165) is 5.69 Å². The highest BCUT2D eigenvalue weighted by Gasteiger charge is 2.03. The molecule has 0 unspecified atom stereocenters. The van der Waals surface area contributed by atoms with E-state index < -0.39 is 0 Å². The van der Waals surface area contributed by atoms with Gasteiger partial charge in [0.15, 0.2) is 0 Å². The minimum Gasteiger partial charge on any atom is -0.256 e. The molecular formula is C17H14BN. The van der Waals surface area contributed by atoms with Crippen LogP contribution in [0.15, 0.2) is 72.9 Å². The van der Waals surface area contributed by atoms with Crippen molar-refractivity contribution < 1.29 is 0 Å². The summed E-state index contributed by atoms with van der Waals surface area (Å²) in [6.07, 6.45) is 1.83. The molecule has 3 rings (SSSR count). The summed E-state index contributed by atoms with van der Waals surface area (Å²) in [5.41, 5.74) is 5.91. The molecule has 1 nitrogen and oxygen atoms in total. The van der Waals surface area contributed by atoms with Crippen LogP contribution >= 0.6 is 0 Å². The minimum absolute atomic E-state index is 1.02. The summed E-state index contributed by atoms with van der Waals surface area (Å²) in [7, 11) is 2.12. The third kappa shape index (κ3) is 2.58. The van der Waals surface area contributed by atoms with Crippen LogP contribution in [0.1, 0.15) is 0 Å². The van der Waals surface area contributed by atoms with Crippen LogP contribution in [0.2, 0.25) is 0 Å². The number of nitrogens with zero attached hydrogens (tertiary/aromatic N) is 1. The lowest BCUT2D eigenvalue weighted by atomic mass is 9.89. The number of hydrogen-bond donors (Lipinski definition) is 0. The molecule has 1 heterocycles. The quantitative estimate of drug-likeness (QED) is 0.630. The van der Waals surface area contributed by atoms with Gasteiger partial charge < -0.3 is 0 Å². The van der Waals surface area contributed by atoms with Gasteiger partial charge in [-0.15, -0.1) is 0 Å². The van der Waals surface area contributed by atoms with Gasteiger partial charge in [0.25, 0.3) is 0 Å². The van der Waals surface area contributed by atoms with Gasteiger partial charge in [0.1, 0.15) is 7.85 Å². The lowest BCUT2D eigenvalue weighted by molar-refractivity contribution is 1.33. The molecule has 0 aliphatic rings. The maximum atomic E-state index is 4.42. The Morgan fingerprint density at radius 1 is 0.684 bits per heavy atom. The monoisotopic (exact) mass is 243 g/mol. The number of aromatic nitrogens is 1. The molecule has 0 N–H and O–H groups in total. The van der Waals surface area contributed by atoms with Crippen LogP contribution in [-0.2, 0) is 0 Å². The van der Waals surface area contributed by atoms with Gasteiger partial charge in [-0.25, -0.2) is 0 Å². The second-order valence-electron chi connectivity index (χ2n) is 4.67. The van der Waals surface area contributed by atoms with Crippen molar-refractivity contribution >= 4 is 13.3 Å². The third-order valence-corrected chi connectivity index (χ3v) is 3.15. The minimum atomic E-state index is 1.02. The second kappa shape index (κ2) is 5.11. The van der Waals surface area contributed by atoms with E-state index in [-0.39, 0.29) is 0 Å². The number of hydrogen-bond acceptors (Lipinski definition) is 1. The molecule has 2 heteroatoms. The van der Waals surface area contributed by atoms with Crippen LogP contribution in [0.25, 0.3) is 22.4 Å². The zero-order valence-electron chi connectivity index (χ0n) is 10.9. The zero-order valence-corrected chi connectivity index (χ0v) is 10.9. The Hall–Kier alpha value is -2.35. The van der Waals surface area contributed by atoms with Crippen LogP contribution in [-0.4, -0.2) is 12.8 Å². The fourth-order valence-corrected chi connectivity index (χ4v) is 2.26. The lowest BCUT2D eigenvalue weighted by Gasteiger charge is -2.07. The Bertz CT molecular complexity index is 620. The van der Waals surface area contributed by atoms with Crippen molar-refractivity contribution in [2.45, 2.75) is 0 Å². The zero-order chi connectivity index (χ0) is 13.1. The van der Waals surface area contributed by atoms with E-state index >= 15 is 0 Å². The summed E-state index contributed by atoms with van der Waals surface area (Å²) in [6.45, 7) is 0. The molecule has 0 saturated carbocycles. The van der Waals surface area contributed by atoms with E-state index in [1.807, 2.05) is 30.5 Å². The van der Waals surface area contributed by atoms with Gasteiger partial charge in [0.2, 0.25) is 0 Å². The molecular weight excluding hydrogens is 229 g/mol. The van der Waals surface area contributed by atoms with Crippen LogP contribution in [0, 0.1) is 0 Å². The van der Waals surface area contributed by atoms with E-state index in [9.17, 15) is 0 Å². The Morgan fingerprint density at radius 2 is 1.42 bits per heavy atom. The normalized spacial score (nSPS) is 10.3. The lowest BCUT2D eigenvalue weighted by Crippen LogP contribution is -2.03. The van der Waals surface area contributed by atoms with Crippen molar-refractivity contribution in [2.24, 2.45) is 0 Å². The van der Waals surface area contributed by atoms with Gasteiger partial charge >= 0.3 is 0 Å². The predicted octanol–water partition coefficient (Wildman–Crippen LogP) is 2.67. The van der Waals surface area contributed by atoms with Crippen molar-refractivity contribution in [2.75, 3.05) is 0 Å². The first-order chi connectivity index (χ1) is 9.33. The third-order valence-electron chi connectivity index (χ3n) is 3.15. The maximum Gasteiger partial charge on any atom is 0.139 e. The molecule has 0 atom stereocenters. The van der Waals surface area contributed by atoms with Gasteiger partial charge in [-0.05, 0) is 29.3 Å². The van der Waals surface area contributed by atoms with Gasteiger partial charge in [-0.1, -0.05) is 54.0 Å². The molecule has 19 heavy (non-hydrogen) atoms. The number of rotatable bonds is 2. The van der Waals surface area contributed by atoms with Gasteiger partial charge in [0.05, 0.1) is 5.69 Å². The van der Waals surface area contributed by atoms with Gasteiger partial charge in [-0.2, -0.15) is 0 Å². The van der Waals surface area contributed by atoms with Crippen LogP contribution < -0.4 is 5.46 Å². The fraction of sp³-hybridized carbons (Fsp3) is 0. The highest BCUT2D eigenvalue weighted by atomic mass is 14.7. The molecule has 0 bridgehead atoms. The van der Waals surface area contributed by atoms with Gasteiger partial charge in [-0.3, -0.25) is 4.98 Å². The summed E-state index contributed by atoms with van der Waals surface area (Å²) < 4.78 is 0. The average Bonchev–Trinajstić information content (AvgIpc) is 2.48. The maximum absolute atomic E-state index is 4.42. The smallest absolute Gasteiger partial charge is 0.139 e. The van der Waals surface area contributed by atoms with E-state index in [4.69, 9.17) is 0 Å². The molecule has 0 amide bonds. The first-order valence-corrected chi connectivity index (χ1v) is 6.41. The van der Waals surface area contributed by atoms with Crippen molar-refractivity contribution in [3.63, 3.8) is 0 Å². The molecule has 90 valence electrons. The second-order valence-corrected chi connectivity index (χ2v) is 4.67. The van der Waals surface area contributed by atoms with Crippen molar-refractivity contribution in [1.82, 2.24) is 4.98 Å². The van der Waals surface area contributed by atoms with E-state index in [1.54, 1.807) is 0 Å². The first kappa shape index (κ1) is 11.7. The Labute approximate surface area is 114 Å².